The Morgan fingerprint density at radius 1 is 0.515 bits per heavy atom. The van der Waals surface area contributed by atoms with Crippen molar-refractivity contribution >= 4 is 35.8 Å². The fraction of sp³-hybridized carbons (Fsp3) is 0.893. The van der Waals surface area contributed by atoms with Gasteiger partial charge in [0.05, 0.1) is 0 Å². The number of hydrogen-bond donors (Lipinski definition) is 0. The van der Waals surface area contributed by atoms with Gasteiger partial charge in [0.1, 0.15) is 0 Å². The van der Waals surface area contributed by atoms with Gasteiger partial charge in [-0.05, 0) is 25.7 Å². The molecule has 33 heavy (non-hydrogen) atoms. The van der Waals surface area contributed by atoms with Crippen LogP contribution in [0.3, 0.4) is 0 Å². The van der Waals surface area contributed by atoms with E-state index in [1.54, 1.807) is 0 Å². The molecule has 0 aromatic rings. The van der Waals surface area contributed by atoms with E-state index in [0.29, 0.717) is 0 Å². The van der Waals surface area contributed by atoms with Crippen LogP contribution in [0, 0.1) is 6.92 Å². The van der Waals surface area contributed by atoms with Gasteiger partial charge in [-0.25, -0.2) is 0 Å². The van der Waals surface area contributed by atoms with E-state index >= 15 is 0 Å². The molecule has 0 atom stereocenters. The van der Waals surface area contributed by atoms with Gasteiger partial charge in [0.25, 0.3) is 0 Å². The number of carbonyl (C=O) groups excluding carboxylic acids is 2. The van der Waals surface area contributed by atoms with Crippen LogP contribution in [0.5, 0.6) is 0 Å². The predicted octanol–water partition coefficient (Wildman–Crippen LogP) is 6.80. The molecule has 0 heterocycles. The molecule has 0 rings (SSSR count). The van der Waals surface area contributed by atoms with Crippen LogP contribution >= 0.6 is 0 Å². The number of carboxylic acids is 2. The molecule has 0 aliphatic rings. The SMILES string of the molecule is CCCCCCCCCC(=O)[O-].CCCCCCCCCC(=O)[O-].[CH2]CCCCCCC.[HH].[Sn+2]. The molecular weight excluding hydrogens is 519 g/mol. The van der Waals surface area contributed by atoms with E-state index in [9.17, 15) is 19.8 Å². The Hall–Kier alpha value is -0.261. The van der Waals surface area contributed by atoms with Crippen molar-refractivity contribution in [3.63, 3.8) is 0 Å². The molecule has 4 nitrogen and oxygen atoms in total. The number of unbranched alkanes of at least 4 members (excludes halogenated alkanes) is 17. The average Bonchev–Trinajstić information content (AvgIpc) is 2.76. The summed E-state index contributed by atoms with van der Waals surface area (Å²) < 4.78 is 0. The summed E-state index contributed by atoms with van der Waals surface area (Å²) in [5, 5.41) is 20.0. The summed E-state index contributed by atoms with van der Waals surface area (Å²) in [5.74, 6) is -1.83. The molecule has 0 N–H and O–H groups in total. The largest absolute Gasteiger partial charge is 2.00 e. The second-order valence-corrected chi connectivity index (χ2v) is 8.75. The van der Waals surface area contributed by atoms with Crippen molar-refractivity contribution in [1.82, 2.24) is 0 Å². The summed E-state index contributed by atoms with van der Waals surface area (Å²) in [6, 6.07) is 0. The Morgan fingerprint density at radius 3 is 1.00 bits per heavy atom. The van der Waals surface area contributed by atoms with Gasteiger partial charge in [-0.1, -0.05) is 143 Å². The first-order valence-corrected chi connectivity index (χ1v) is 13.6. The molecular formula is C28H57O4Sn. The Labute approximate surface area is 225 Å². The molecule has 0 aromatic heterocycles. The summed E-state index contributed by atoms with van der Waals surface area (Å²) in [4.78, 5) is 20.0. The van der Waals surface area contributed by atoms with Gasteiger partial charge >= 0.3 is 23.9 Å². The number of rotatable bonds is 21. The molecule has 5 heteroatoms. The monoisotopic (exact) mass is 577 g/mol. The number of carbonyl (C=O) groups is 2. The van der Waals surface area contributed by atoms with Crippen LogP contribution in [0.1, 0.15) is 163 Å². The van der Waals surface area contributed by atoms with Gasteiger partial charge in [0.15, 0.2) is 0 Å². The molecule has 3 radical (unpaired) electrons. The van der Waals surface area contributed by atoms with Gasteiger partial charge in [-0.2, -0.15) is 0 Å². The van der Waals surface area contributed by atoms with Crippen LogP contribution in [-0.2, 0) is 9.59 Å². The quantitative estimate of drug-likeness (QED) is 0.111. The molecule has 0 amide bonds. The number of carboxylic acid groups (broad SMARTS) is 2. The summed E-state index contributed by atoms with van der Waals surface area (Å²) in [7, 11) is 0. The second-order valence-electron chi connectivity index (χ2n) is 8.75. The molecule has 0 aromatic carbocycles. The Kier molecular flexibility index (Phi) is 47.2. The Bertz CT molecular complexity index is 334. The maximum Gasteiger partial charge on any atom is 2.00 e. The number of aliphatic carboxylic acids is 2. The molecule has 0 bridgehead atoms. The summed E-state index contributed by atoms with van der Waals surface area (Å²) in [6.07, 6.45) is 24.7. The van der Waals surface area contributed by atoms with Crippen molar-refractivity contribution in [1.29, 1.82) is 0 Å². The van der Waals surface area contributed by atoms with Crippen molar-refractivity contribution in [3.8, 4) is 0 Å². The van der Waals surface area contributed by atoms with Crippen LogP contribution in [0.2, 0.25) is 0 Å². The van der Waals surface area contributed by atoms with Crippen molar-refractivity contribution < 1.29 is 21.2 Å². The van der Waals surface area contributed by atoms with Gasteiger partial charge in [-0.3, -0.25) is 0 Å². The Morgan fingerprint density at radius 2 is 0.758 bits per heavy atom. The van der Waals surface area contributed by atoms with E-state index in [4.69, 9.17) is 0 Å². The third kappa shape index (κ3) is 54.3. The van der Waals surface area contributed by atoms with E-state index in [0.717, 1.165) is 32.1 Å². The predicted molar refractivity (Wildman–Crippen MR) is 142 cm³/mol. The molecule has 0 fully saturated rings. The third-order valence-corrected chi connectivity index (χ3v) is 5.32. The van der Waals surface area contributed by atoms with Crippen LogP contribution in [0.15, 0.2) is 0 Å². The molecule has 0 aliphatic carbocycles. The third-order valence-electron chi connectivity index (χ3n) is 5.32. The Balaban J connectivity index is -0.000000123. The fourth-order valence-corrected chi connectivity index (χ4v) is 3.23. The maximum atomic E-state index is 10.0. The van der Waals surface area contributed by atoms with Gasteiger partial charge in [0.2, 0.25) is 0 Å². The molecule has 0 saturated heterocycles. The topological polar surface area (TPSA) is 80.3 Å². The molecule has 0 saturated carbocycles. The van der Waals surface area contributed by atoms with Gasteiger partial charge in [-0.15, -0.1) is 0 Å². The van der Waals surface area contributed by atoms with Crippen LogP contribution in [0.4, 0.5) is 0 Å². The molecule has 0 aliphatic heterocycles. The van der Waals surface area contributed by atoms with Crippen molar-refractivity contribution in [2.24, 2.45) is 0 Å². The van der Waals surface area contributed by atoms with Gasteiger partial charge < -0.3 is 19.8 Å². The summed E-state index contributed by atoms with van der Waals surface area (Å²) in [6.45, 7) is 10.4. The zero-order valence-corrected chi connectivity index (χ0v) is 25.3. The molecule has 197 valence electrons. The second kappa shape index (κ2) is 39.0. The van der Waals surface area contributed by atoms with E-state index in [-0.39, 0.29) is 38.2 Å². The minimum absolute atomic E-state index is 0. The van der Waals surface area contributed by atoms with Crippen molar-refractivity contribution in [3.05, 3.63) is 6.92 Å². The van der Waals surface area contributed by atoms with E-state index in [1.165, 1.54) is 96.3 Å². The van der Waals surface area contributed by atoms with E-state index in [1.807, 2.05) is 0 Å². The minimum atomic E-state index is -0.913. The molecule has 0 spiro atoms. The minimum Gasteiger partial charge on any atom is -0.550 e. The maximum absolute atomic E-state index is 10.0. The first-order valence-electron chi connectivity index (χ1n) is 13.6. The van der Waals surface area contributed by atoms with Crippen LogP contribution in [-0.4, -0.2) is 35.8 Å². The average molecular weight is 576 g/mol. The number of hydrogen-bond acceptors (Lipinski definition) is 4. The zero-order chi connectivity index (χ0) is 24.7. The fourth-order valence-electron chi connectivity index (χ4n) is 3.23. The van der Waals surface area contributed by atoms with Crippen LogP contribution in [0.25, 0.3) is 0 Å². The van der Waals surface area contributed by atoms with Crippen LogP contribution < -0.4 is 10.2 Å². The first-order chi connectivity index (χ1) is 15.5. The normalized spacial score (nSPS) is 9.70. The molecule has 0 unspecified atom stereocenters. The van der Waals surface area contributed by atoms with Crippen molar-refractivity contribution in [2.75, 3.05) is 0 Å². The summed E-state index contributed by atoms with van der Waals surface area (Å²) >= 11 is 0. The summed E-state index contributed by atoms with van der Waals surface area (Å²) in [5.41, 5.74) is 0. The van der Waals surface area contributed by atoms with Gasteiger partial charge in [0, 0.05) is 13.4 Å². The van der Waals surface area contributed by atoms with E-state index in [2.05, 4.69) is 27.7 Å². The first kappa shape index (κ1) is 39.9. The standard InChI is InChI=1S/2C10H20O2.C8H17.Sn.H2/c2*1-2-3-4-5-6-7-8-9-10(11)12;1-3-5-7-8-6-4-2;;/h2*2-9H2,1H3,(H,11,12);1,3-8H2,2H3;;1H/q;;;+2;/p-2. The van der Waals surface area contributed by atoms with E-state index < -0.39 is 11.9 Å². The van der Waals surface area contributed by atoms with Crippen molar-refractivity contribution in [2.45, 2.75) is 162 Å². The zero-order valence-electron chi connectivity index (χ0n) is 22.4. The smallest absolute Gasteiger partial charge is 0.550 e.